The monoisotopic (exact) mass is 161 g/mol. The van der Waals surface area contributed by atoms with E-state index in [4.69, 9.17) is 5.26 Å². The predicted octanol–water partition coefficient (Wildman–Crippen LogP) is 2.16. The van der Waals surface area contributed by atoms with Crippen LogP contribution in [-0.4, -0.2) is 5.78 Å². The topological polar surface area (TPSA) is 40.9 Å². The number of Topliss-reactive ketones (excluding diaryl/α,β-unsaturated/α-hetero) is 1. The molecule has 0 aliphatic rings. The lowest BCUT2D eigenvalue weighted by Gasteiger charge is -1.92. The molecule has 2 heteroatoms. The molecule has 2 nitrogen and oxygen atoms in total. The maximum Gasteiger partial charge on any atom is 0.176 e. The fraction of sp³-hybridized carbons (Fsp3) is 0.200. The Bertz CT molecular complexity index is 266. The Labute approximate surface area is 72.5 Å². The van der Waals surface area contributed by atoms with E-state index in [-0.39, 0.29) is 12.2 Å². The van der Waals surface area contributed by atoms with Gasteiger partial charge in [-0.3, -0.25) is 4.79 Å². The SMILES string of the molecule is C=C/C(=C\C=C/C)C(=O)CC#N. The molecule has 0 rings (SSSR count). The molecule has 0 aromatic rings. The van der Waals surface area contributed by atoms with Crippen LogP contribution in [0.3, 0.4) is 0 Å². The second kappa shape index (κ2) is 6.11. The number of nitrogens with zero attached hydrogens (tertiary/aromatic N) is 1. The third kappa shape index (κ3) is 3.52. The average Bonchev–Trinajstić information content (AvgIpc) is 2.06. The molecule has 0 saturated carbocycles. The molecule has 0 N–H and O–H groups in total. The standard InChI is InChI=1S/C10H11NO/c1-3-5-6-9(4-2)10(12)7-8-11/h3-6H,2,7H2,1H3/b5-3-,9-6+. The Balaban J connectivity index is 4.46. The summed E-state index contributed by atoms with van der Waals surface area (Å²) < 4.78 is 0. The van der Waals surface area contributed by atoms with E-state index in [1.165, 1.54) is 6.08 Å². The summed E-state index contributed by atoms with van der Waals surface area (Å²) in [6.45, 7) is 5.34. The molecular formula is C10H11NO. The number of rotatable bonds is 4. The molecule has 0 atom stereocenters. The quantitative estimate of drug-likeness (QED) is 0.468. The summed E-state index contributed by atoms with van der Waals surface area (Å²) in [6, 6.07) is 1.80. The van der Waals surface area contributed by atoms with Crippen LogP contribution in [-0.2, 0) is 4.79 Å². The van der Waals surface area contributed by atoms with E-state index < -0.39 is 0 Å². The molecule has 0 aliphatic heterocycles. The summed E-state index contributed by atoms with van der Waals surface area (Å²) in [4.78, 5) is 11.1. The van der Waals surface area contributed by atoms with Gasteiger partial charge in [0.25, 0.3) is 0 Å². The first-order chi connectivity index (χ1) is 5.76. The fourth-order valence-electron chi connectivity index (χ4n) is 0.649. The normalized spacial score (nSPS) is 11.2. The van der Waals surface area contributed by atoms with Gasteiger partial charge in [0.1, 0.15) is 0 Å². The molecule has 0 heterocycles. The smallest absolute Gasteiger partial charge is 0.176 e. The lowest BCUT2D eigenvalue weighted by Crippen LogP contribution is -1.97. The van der Waals surface area contributed by atoms with Crippen molar-refractivity contribution in [3.8, 4) is 6.07 Å². The molecule has 0 amide bonds. The second-order valence-corrected chi connectivity index (χ2v) is 2.11. The Hall–Kier alpha value is -1.62. The van der Waals surface area contributed by atoms with Gasteiger partial charge < -0.3 is 0 Å². The molecule has 62 valence electrons. The first kappa shape index (κ1) is 10.4. The highest BCUT2D eigenvalue weighted by atomic mass is 16.1. The first-order valence-corrected chi connectivity index (χ1v) is 3.61. The maximum absolute atomic E-state index is 11.1. The molecule has 0 aliphatic carbocycles. The first-order valence-electron chi connectivity index (χ1n) is 3.61. The van der Waals surface area contributed by atoms with Crippen LogP contribution in [0.1, 0.15) is 13.3 Å². The summed E-state index contributed by atoms with van der Waals surface area (Å²) in [5, 5.41) is 8.26. The fourth-order valence-corrected chi connectivity index (χ4v) is 0.649. The zero-order chi connectivity index (χ0) is 9.40. The molecule has 0 aromatic heterocycles. The molecule has 0 bridgehead atoms. The van der Waals surface area contributed by atoms with Crippen molar-refractivity contribution >= 4 is 5.78 Å². The van der Waals surface area contributed by atoms with E-state index in [1.807, 2.05) is 13.0 Å². The number of ketones is 1. The number of allylic oxidation sites excluding steroid dienone is 5. The molecular weight excluding hydrogens is 150 g/mol. The van der Waals surface area contributed by atoms with Crippen molar-refractivity contribution in [3.05, 3.63) is 36.5 Å². The van der Waals surface area contributed by atoms with Crippen molar-refractivity contribution in [1.29, 1.82) is 5.26 Å². The zero-order valence-electron chi connectivity index (χ0n) is 7.08. The van der Waals surface area contributed by atoms with Crippen LogP contribution in [0.4, 0.5) is 0 Å². The Morgan fingerprint density at radius 3 is 2.75 bits per heavy atom. The summed E-state index contributed by atoms with van der Waals surface area (Å²) in [6.07, 6.45) is 6.57. The average molecular weight is 161 g/mol. The highest BCUT2D eigenvalue weighted by Crippen LogP contribution is 2.01. The van der Waals surface area contributed by atoms with E-state index in [0.717, 1.165) is 0 Å². The Kier molecular flexibility index (Phi) is 5.29. The van der Waals surface area contributed by atoms with Crippen LogP contribution in [0.15, 0.2) is 36.5 Å². The van der Waals surface area contributed by atoms with Crippen molar-refractivity contribution in [2.45, 2.75) is 13.3 Å². The number of carbonyl (C=O) groups is 1. The molecule has 0 saturated heterocycles. The summed E-state index contributed by atoms with van der Waals surface area (Å²) in [7, 11) is 0. The highest BCUT2D eigenvalue weighted by molar-refractivity contribution is 5.99. The van der Waals surface area contributed by atoms with E-state index in [0.29, 0.717) is 5.57 Å². The summed E-state index contributed by atoms with van der Waals surface area (Å²) in [5.74, 6) is -0.189. The highest BCUT2D eigenvalue weighted by Gasteiger charge is 2.02. The second-order valence-electron chi connectivity index (χ2n) is 2.11. The van der Waals surface area contributed by atoms with Crippen molar-refractivity contribution in [3.63, 3.8) is 0 Å². The van der Waals surface area contributed by atoms with E-state index >= 15 is 0 Å². The molecule has 0 radical (unpaired) electrons. The van der Waals surface area contributed by atoms with E-state index in [2.05, 4.69) is 6.58 Å². The largest absolute Gasteiger partial charge is 0.293 e. The number of hydrogen-bond acceptors (Lipinski definition) is 2. The van der Waals surface area contributed by atoms with Crippen LogP contribution in [0, 0.1) is 11.3 Å². The Morgan fingerprint density at radius 1 is 1.67 bits per heavy atom. The minimum Gasteiger partial charge on any atom is -0.293 e. The van der Waals surface area contributed by atoms with Crippen LogP contribution in [0.5, 0.6) is 0 Å². The van der Waals surface area contributed by atoms with Gasteiger partial charge in [-0.25, -0.2) is 0 Å². The van der Waals surface area contributed by atoms with Crippen molar-refractivity contribution in [2.24, 2.45) is 0 Å². The number of hydrogen-bond donors (Lipinski definition) is 0. The lowest BCUT2D eigenvalue weighted by atomic mass is 10.1. The summed E-state index contributed by atoms with van der Waals surface area (Å²) >= 11 is 0. The van der Waals surface area contributed by atoms with E-state index in [1.54, 1.807) is 18.2 Å². The van der Waals surface area contributed by atoms with Gasteiger partial charge in [-0.1, -0.05) is 30.9 Å². The maximum atomic E-state index is 11.1. The zero-order valence-corrected chi connectivity index (χ0v) is 7.08. The molecule has 12 heavy (non-hydrogen) atoms. The van der Waals surface area contributed by atoms with Crippen molar-refractivity contribution < 1.29 is 4.79 Å². The minimum atomic E-state index is -0.189. The van der Waals surface area contributed by atoms with Crippen molar-refractivity contribution in [2.75, 3.05) is 0 Å². The van der Waals surface area contributed by atoms with Gasteiger partial charge in [-0.05, 0) is 6.92 Å². The number of nitriles is 1. The van der Waals surface area contributed by atoms with Gasteiger partial charge in [0, 0.05) is 5.57 Å². The van der Waals surface area contributed by atoms with Gasteiger partial charge in [0.2, 0.25) is 0 Å². The van der Waals surface area contributed by atoms with Crippen LogP contribution in [0.25, 0.3) is 0 Å². The minimum absolute atomic E-state index is 0.0879. The van der Waals surface area contributed by atoms with Gasteiger partial charge >= 0.3 is 0 Å². The van der Waals surface area contributed by atoms with Crippen LogP contribution < -0.4 is 0 Å². The van der Waals surface area contributed by atoms with Gasteiger partial charge in [-0.15, -0.1) is 0 Å². The van der Waals surface area contributed by atoms with Crippen LogP contribution >= 0.6 is 0 Å². The molecule has 0 spiro atoms. The third-order valence-electron chi connectivity index (χ3n) is 1.25. The molecule has 0 aromatic carbocycles. The summed E-state index contributed by atoms with van der Waals surface area (Å²) in [5.41, 5.74) is 0.481. The number of carbonyl (C=O) groups excluding carboxylic acids is 1. The van der Waals surface area contributed by atoms with Gasteiger partial charge in [-0.2, -0.15) is 5.26 Å². The van der Waals surface area contributed by atoms with Crippen molar-refractivity contribution in [1.82, 2.24) is 0 Å². The molecule has 0 unspecified atom stereocenters. The lowest BCUT2D eigenvalue weighted by molar-refractivity contribution is -0.114. The van der Waals surface area contributed by atoms with E-state index in [9.17, 15) is 4.79 Å². The van der Waals surface area contributed by atoms with Gasteiger partial charge in [0.15, 0.2) is 5.78 Å². The predicted molar refractivity (Wildman–Crippen MR) is 48.3 cm³/mol. The van der Waals surface area contributed by atoms with Gasteiger partial charge in [0.05, 0.1) is 12.5 Å². The van der Waals surface area contributed by atoms with Crippen LogP contribution in [0.2, 0.25) is 0 Å². The third-order valence-corrected chi connectivity index (χ3v) is 1.25. The Morgan fingerprint density at radius 2 is 2.33 bits per heavy atom. The molecule has 0 fully saturated rings.